The van der Waals surface area contributed by atoms with E-state index in [9.17, 15) is 4.79 Å². The summed E-state index contributed by atoms with van der Waals surface area (Å²) in [5, 5.41) is 2.90. The Morgan fingerprint density at radius 1 is 1.23 bits per heavy atom. The third-order valence-electron chi connectivity index (χ3n) is 3.63. The van der Waals surface area contributed by atoms with E-state index in [1.165, 1.54) is 19.2 Å². The quantitative estimate of drug-likeness (QED) is 0.796. The summed E-state index contributed by atoms with van der Waals surface area (Å²) in [5.41, 5.74) is 2.29. The molecule has 5 heteroatoms. The molecule has 3 rings (SSSR count). The maximum atomic E-state index is 12.3. The van der Waals surface area contributed by atoms with Crippen LogP contribution in [0, 0.1) is 5.92 Å². The van der Waals surface area contributed by atoms with Gasteiger partial charge in [-0.2, -0.15) is 0 Å². The highest BCUT2D eigenvalue weighted by molar-refractivity contribution is 6.00. The van der Waals surface area contributed by atoms with Crippen LogP contribution in [0.1, 0.15) is 23.2 Å². The highest BCUT2D eigenvalue weighted by atomic mass is 16.5. The SMILES string of the molecule is O=C(NCCOCC1CC1)c1ccccc1-c1cncnc1. The van der Waals surface area contributed by atoms with Crippen LogP contribution in [0.2, 0.25) is 0 Å². The number of nitrogens with one attached hydrogen (secondary N) is 1. The molecule has 0 bridgehead atoms. The molecule has 1 N–H and O–H groups in total. The highest BCUT2D eigenvalue weighted by Crippen LogP contribution is 2.28. The summed E-state index contributed by atoms with van der Waals surface area (Å²) in [7, 11) is 0. The number of hydrogen-bond donors (Lipinski definition) is 1. The molecule has 0 aliphatic heterocycles. The van der Waals surface area contributed by atoms with E-state index in [0.717, 1.165) is 23.7 Å². The fraction of sp³-hybridized carbons (Fsp3) is 0.353. The summed E-state index contributed by atoms with van der Waals surface area (Å²) < 4.78 is 5.52. The zero-order chi connectivity index (χ0) is 15.2. The molecule has 5 nitrogen and oxygen atoms in total. The molecule has 0 spiro atoms. The molecule has 1 amide bonds. The van der Waals surface area contributed by atoms with Gasteiger partial charge in [0.25, 0.3) is 5.91 Å². The second kappa shape index (κ2) is 7.13. The average Bonchev–Trinajstić information content (AvgIpc) is 3.39. The Labute approximate surface area is 129 Å². The van der Waals surface area contributed by atoms with Crippen molar-refractivity contribution >= 4 is 5.91 Å². The fourth-order valence-electron chi connectivity index (χ4n) is 2.24. The summed E-state index contributed by atoms with van der Waals surface area (Å²) >= 11 is 0. The molecular formula is C17H19N3O2. The molecule has 2 aromatic rings. The molecule has 1 aliphatic rings. The molecule has 1 aliphatic carbocycles. The third kappa shape index (κ3) is 3.89. The van der Waals surface area contributed by atoms with Crippen LogP contribution in [0.4, 0.5) is 0 Å². The number of carbonyl (C=O) groups is 1. The minimum Gasteiger partial charge on any atom is -0.379 e. The predicted molar refractivity (Wildman–Crippen MR) is 83.3 cm³/mol. The lowest BCUT2D eigenvalue weighted by Gasteiger charge is -2.10. The Bertz CT molecular complexity index is 627. The van der Waals surface area contributed by atoms with Crippen molar-refractivity contribution in [2.75, 3.05) is 19.8 Å². The second-order valence-electron chi connectivity index (χ2n) is 5.45. The van der Waals surface area contributed by atoms with Gasteiger partial charge in [0.05, 0.1) is 6.61 Å². The fourth-order valence-corrected chi connectivity index (χ4v) is 2.24. The average molecular weight is 297 g/mol. The monoisotopic (exact) mass is 297 g/mol. The molecule has 0 radical (unpaired) electrons. The van der Waals surface area contributed by atoms with E-state index in [4.69, 9.17) is 4.74 Å². The van der Waals surface area contributed by atoms with Gasteiger partial charge in [-0.3, -0.25) is 4.79 Å². The van der Waals surface area contributed by atoms with Gasteiger partial charge in [0.15, 0.2) is 0 Å². The molecule has 0 saturated heterocycles. The minimum atomic E-state index is -0.102. The van der Waals surface area contributed by atoms with E-state index in [2.05, 4.69) is 15.3 Å². The third-order valence-corrected chi connectivity index (χ3v) is 3.63. The minimum absolute atomic E-state index is 0.102. The van der Waals surface area contributed by atoms with Gasteiger partial charge in [-0.1, -0.05) is 18.2 Å². The van der Waals surface area contributed by atoms with Crippen LogP contribution in [0.25, 0.3) is 11.1 Å². The summed E-state index contributed by atoms with van der Waals surface area (Å²) in [6.45, 7) is 1.89. The smallest absolute Gasteiger partial charge is 0.251 e. The Morgan fingerprint density at radius 3 is 2.77 bits per heavy atom. The standard InChI is InChI=1S/C17H19N3O2/c21-17(20-7-8-22-11-13-5-6-13)16-4-2-1-3-15(16)14-9-18-12-19-10-14/h1-4,9-10,12-13H,5-8,11H2,(H,20,21). The molecule has 1 aromatic heterocycles. The van der Waals surface area contributed by atoms with Crippen LogP contribution >= 0.6 is 0 Å². The van der Waals surface area contributed by atoms with Gasteiger partial charge in [-0.25, -0.2) is 9.97 Å². The number of hydrogen-bond acceptors (Lipinski definition) is 4. The number of amides is 1. The molecular weight excluding hydrogens is 278 g/mol. The molecule has 0 atom stereocenters. The van der Waals surface area contributed by atoms with E-state index in [0.29, 0.717) is 18.7 Å². The van der Waals surface area contributed by atoms with Crippen molar-refractivity contribution in [3.8, 4) is 11.1 Å². The summed E-state index contributed by atoms with van der Waals surface area (Å²) in [5.74, 6) is 0.643. The van der Waals surface area contributed by atoms with Gasteiger partial charge in [0.2, 0.25) is 0 Å². The zero-order valence-electron chi connectivity index (χ0n) is 12.4. The van der Waals surface area contributed by atoms with Crippen molar-refractivity contribution in [2.24, 2.45) is 5.92 Å². The molecule has 1 heterocycles. The first-order valence-corrected chi connectivity index (χ1v) is 7.55. The van der Waals surface area contributed by atoms with Gasteiger partial charge in [-0.15, -0.1) is 0 Å². The first kappa shape index (κ1) is 14.7. The van der Waals surface area contributed by atoms with Crippen molar-refractivity contribution in [3.05, 3.63) is 48.5 Å². The van der Waals surface area contributed by atoms with Crippen LogP contribution < -0.4 is 5.32 Å². The largest absolute Gasteiger partial charge is 0.379 e. The second-order valence-corrected chi connectivity index (χ2v) is 5.45. The molecule has 114 valence electrons. The topological polar surface area (TPSA) is 64.1 Å². The Morgan fingerprint density at radius 2 is 2.00 bits per heavy atom. The first-order chi connectivity index (χ1) is 10.8. The summed E-state index contributed by atoms with van der Waals surface area (Å²) in [4.78, 5) is 20.4. The van der Waals surface area contributed by atoms with E-state index in [1.54, 1.807) is 12.4 Å². The van der Waals surface area contributed by atoms with Crippen molar-refractivity contribution in [3.63, 3.8) is 0 Å². The van der Waals surface area contributed by atoms with Crippen LogP contribution in [0.15, 0.2) is 43.0 Å². The zero-order valence-corrected chi connectivity index (χ0v) is 12.4. The Kier molecular flexibility index (Phi) is 4.75. The van der Waals surface area contributed by atoms with E-state index in [1.807, 2.05) is 24.3 Å². The predicted octanol–water partition coefficient (Wildman–Crippen LogP) is 2.30. The van der Waals surface area contributed by atoms with E-state index >= 15 is 0 Å². The van der Waals surface area contributed by atoms with Gasteiger partial charge in [-0.05, 0) is 30.4 Å². The Hall–Kier alpha value is -2.27. The lowest BCUT2D eigenvalue weighted by atomic mass is 10.0. The Balaban J connectivity index is 1.59. The van der Waals surface area contributed by atoms with Crippen LogP contribution in [-0.4, -0.2) is 35.6 Å². The number of carbonyl (C=O) groups excluding carboxylic acids is 1. The maximum Gasteiger partial charge on any atom is 0.251 e. The van der Waals surface area contributed by atoms with Gasteiger partial charge in [0.1, 0.15) is 6.33 Å². The lowest BCUT2D eigenvalue weighted by molar-refractivity contribution is 0.0907. The van der Waals surface area contributed by atoms with Gasteiger partial charge >= 0.3 is 0 Å². The van der Waals surface area contributed by atoms with E-state index in [-0.39, 0.29) is 5.91 Å². The number of nitrogens with zero attached hydrogens (tertiary/aromatic N) is 2. The molecule has 1 fully saturated rings. The van der Waals surface area contributed by atoms with Crippen LogP contribution in [-0.2, 0) is 4.74 Å². The van der Waals surface area contributed by atoms with Crippen molar-refractivity contribution < 1.29 is 9.53 Å². The van der Waals surface area contributed by atoms with Crippen LogP contribution in [0.5, 0.6) is 0 Å². The van der Waals surface area contributed by atoms with Crippen molar-refractivity contribution in [2.45, 2.75) is 12.8 Å². The van der Waals surface area contributed by atoms with Crippen molar-refractivity contribution in [1.82, 2.24) is 15.3 Å². The molecule has 1 aromatic carbocycles. The van der Waals surface area contributed by atoms with E-state index < -0.39 is 0 Å². The highest BCUT2D eigenvalue weighted by Gasteiger charge is 2.21. The molecule has 22 heavy (non-hydrogen) atoms. The maximum absolute atomic E-state index is 12.3. The van der Waals surface area contributed by atoms with Gasteiger partial charge in [0, 0.05) is 36.7 Å². The summed E-state index contributed by atoms with van der Waals surface area (Å²) in [6, 6.07) is 7.46. The first-order valence-electron chi connectivity index (χ1n) is 7.55. The lowest BCUT2D eigenvalue weighted by Crippen LogP contribution is -2.27. The molecule has 0 unspecified atom stereocenters. The van der Waals surface area contributed by atoms with Gasteiger partial charge < -0.3 is 10.1 Å². The van der Waals surface area contributed by atoms with Crippen LogP contribution in [0.3, 0.4) is 0 Å². The number of aromatic nitrogens is 2. The number of ether oxygens (including phenoxy) is 1. The molecule has 1 saturated carbocycles. The normalized spacial score (nSPS) is 13.8. The summed E-state index contributed by atoms with van der Waals surface area (Å²) in [6.07, 6.45) is 7.44. The number of rotatable bonds is 7. The van der Waals surface area contributed by atoms with Crippen molar-refractivity contribution in [1.29, 1.82) is 0 Å². The number of benzene rings is 1.